The van der Waals surface area contributed by atoms with Gasteiger partial charge in [0, 0.05) is 47.2 Å². The van der Waals surface area contributed by atoms with Gasteiger partial charge in [0.15, 0.2) is 0 Å². The predicted octanol–water partition coefficient (Wildman–Crippen LogP) is 5.95. The minimum absolute atomic E-state index is 0.313. The molecule has 0 aliphatic carbocycles. The molecule has 5 rings (SSSR count). The molecule has 204 valence electrons. The molecule has 0 spiro atoms. The summed E-state index contributed by atoms with van der Waals surface area (Å²) >= 11 is 2.01. The molecule has 1 saturated heterocycles. The smallest absolute Gasteiger partial charge is 0.324 e. The Morgan fingerprint density at radius 2 is 1.69 bits per heavy atom. The van der Waals surface area contributed by atoms with Crippen LogP contribution in [0.15, 0.2) is 66.7 Å². The average Bonchev–Trinajstić information content (AvgIpc) is 3.35. The van der Waals surface area contributed by atoms with E-state index in [0.717, 1.165) is 52.8 Å². The molecule has 1 fully saturated rings. The number of anilines is 2. The van der Waals surface area contributed by atoms with Crippen LogP contribution >= 0.6 is 11.8 Å². The molecule has 3 aromatic carbocycles. The quantitative estimate of drug-likeness (QED) is 0.261. The van der Waals surface area contributed by atoms with E-state index in [2.05, 4.69) is 54.2 Å². The van der Waals surface area contributed by atoms with Crippen LogP contribution in [0, 0.1) is 6.92 Å². The minimum atomic E-state index is -1.70. The number of rotatable bonds is 8. The van der Waals surface area contributed by atoms with Crippen LogP contribution in [0.3, 0.4) is 0 Å². The van der Waals surface area contributed by atoms with Crippen LogP contribution in [0.25, 0.3) is 16.5 Å². The van der Waals surface area contributed by atoms with Crippen LogP contribution in [0.2, 0.25) is 19.6 Å². The number of urea groups is 1. The summed E-state index contributed by atoms with van der Waals surface area (Å²) < 4.78 is 8.02. The molecule has 2 heterocycles. The zero-order valence-electron chi connectivity index (χ0n) is 23.2. The highest BCUT2D eigenvalue weighted by molar-refractivity contribution is 7.99. The Morgan fingerprint density at radius 3 is 2.41 bits per heavy atom. The Bertz CT molecular complexity index is 1440. The predicted molar refractivity (Wildman–Crippen MR) is 167 cm³/mol. The maximum atomic E-state index is 13.3. The van der Waals surface area contributed by atoms with Gasteiger partial charge in [-0.25, -0.2) is 9.48 Å². The second-order valence-electron chi connectivity index (χ2n) is 11.0. The van der Waals surface area contributed by atoms with Gasteiger partial charge in [-0.05, 0) is 37.3 Å². The van der Waals surface area contributed by atoms with E-state index in [1.807, 2.05) is 71.0 Å². The summed E-state index contributed by atoms with van der Waals surface area (Å²) in [4.78, 5) is 15.7. The van der Waals surface area contributed by atoms with E-state index in [4.69, 9.17) is 9.84 Å². The molecule has 1 aliphatic heterocycles. The summed E-state index contributed by atoms with van der Waals surface area (Å²) in [5.74, 6) is 3.86. The summed E-state index contributed by atoms with van der Waals surface area (Å²) in [6.45, 7) is 12.6. The van der Waals surface area contributed by atoms with Gasteiger partial charge >= 0.3 is 6.03 Å². The number of nitrogens with zero attached hydrogens (tertiary/aromatic N) is 3. The van der Waals surface area contributed by atoms with Gasteiger partial charge in [0.05, 0.1) is 11.4 Å². The number of carbonyl (C=O) groups is 1. The third kappa shape index (κ3) is 6.66. The van der Waals surface area contributed by atoms with Crippen molar-refractivity contribution in [2.75, 3.05) is 48.4 Å². The third-order valence-electron chi connectivity index (χ3n) is 6.90. The van der Waals surface area contributed by atoms with Crippen molar-refractivity contribution in [2.45, 2.75) is 26.6 Å². The van der Waals surface area contributed by atoms with E-state index in [1.54, 1.807) is 0 Å². The number of hydrogen-bond acceptors (Lipinski definition) is 5. The van der Waals surface area contributed by atoms with Gasteiger partial charge in [0.25, 0.3) is 0 Å². The monoisotopic (exact) mass is 559 g/mol. The van der Waals surface area contributed by atoms with Crippen LogP contribution in [0.5, 0.6) is 5.75 Å². The van der Waals surface area contributed by atoms with Gasteiger partial charge in [0.1, 0.15) is 26.2 Å². The number of amides is 2. The van der Waals surface area contributed by atoms with Crippen LogP contribution in [-0.4, -0.2) is 66.5 Å². The molecule has 0 bridgehead atoms. The van der Waals surface area contributed by atoms with Gasteiger partial charge in [-0.15, -0.1) is 0 Å². The number of fused-ring (bicyclic) bond motifs is 1. The van der Waals surface area contributed by atoms with Crippen molar-refractivity contribution in [3.8, 4) is 11.4 Å². The zero-order chi connectivity index (χ0) is 27.4. The number of hydrogen-bond donors (Lipinski definition) is 2. The highest BCUT2D eigenvalue weighted by Crippen LogP contribution is 2.32. The zero-order valence-corrected chi connectivity index (χ0v) is 25.0. The number of aryl methyl sites for hydroxylation is 1. The van der Waals surface area contributed by atoms with Crippen molar-refractivity contribution in [3.63, 3.8) is 0 Å². The first-order chi connectivity index (χ1) is 18.8. The fourth-order valence-corrected chi connectivity index (χ4v) is 6.55. The summed E-state index contributed by atoms with van der Waals surface area (Å²) in [6.07, 6.45) is 0. The van der Waals surface area contributed by atoms with Crippen molar-refractivity contribution in [1.82, 2.24) is 14.7 Å². The molecule has 4 aromatic rings. The fourth-order valence-electron chi connectivity index (χ4n) is 4.61. The van der Waals surface area contributed by atoms with Gasteiger partial charge in [-0.2, -0.15) is 16.9 Å². The number of nitrogens with one attached hydrogen (secondary N) is 2. The normalized spacial score (nSPS) is 14.4. The lowest BCUT2D eigenvalue weighted by atomic mass is 10.1. The van der Waals surface area contributed by atoms with Crippen LogP contribution in [0.1, 0.15) is 5.56 Å². The molecule has 7 nitrogen and oxygen atoms in total. The molecule has 0 radical (unpaired) electrons. The van der Waals surface area contributed by atoms with E-state index >= 15 is 0 Å². The summed E-state index contributed by atoms with van der Waals surface area (Å²) in [5, 5.41) is 13.9. The van der Waals surface area contributed by atoms with Gasteiger partial charge in [0.2, 0.25) is 0 Å². The van der Waals surface area contributed by atoms with Crippen molar-refractivity contribution in [1.29, 1.82) is 0 Å². The van der Waals surface area contributed by atoms with Gasteiger partial charge in [-0.3, -0.25) is 10.2 Å². The third-order valence-corrected chi connectivity index (χ3v) is 9.62. The Morgan fingerprint density at radius 1 is 0.974 bits per heavy atom. The molecular weight excluding hydrogens is 523 g/mol. The molecule has 9 heteroatoms. The Labute approximate surface area is 235 Å². The molecule has 0 unspecified atom stereocenters. The topological polar surface area (TPSA) is 71.4 Å². The number of carbonyl (C=O) groups excluding carboxylic acids is 1. The highest BCUT2D eigenvalue weighted by atomic mass is 32.2. The van der Waals surface area contributed by atoms with Crippen LogP contribution in [-0.2, 0) is 0 Å². The van der Waals surface area contributed by atoms with E-state index < -0.39 is 8.07 Å². The molecule has 1 aliphatic rings. The number of aromatic nitrogens is 2. The van der Waals surface area contributed by atoms with E-state index in [1.165, 1.54) is 17.1 Å². The van der Waals surface area contributed by atoms with Crippen LogP contribution in [0.4, 0.5) is 16.3 Å². The maximum absolute atomic E-state index is 13.3. The lowest BCUT2D eigenvalue weighted by molar-refractivity contribution is 0.224. The van der Waals surface area contributed by atoms with Gasteiger partial charge in [-0.1, -0.05) is 61.6 Å². The average molecular weight is 560 g/mol. The second kappa shape index (κ2) is 11.9. The summed E-state index contributed by atoms with van der Waals surface area (Å²) in [5.41, 5.74) is 2.82. The molecule has 2 amide bonds. The lowest BCUT2D eigenvalue weighted by Crippen LogP contribution is -2.39. The van der Waals surface area contributed by atoms with Crippen molar-refractivity contribution < 1.29 is 9.53 Å². The molecular formula is C30H37N5O2SSi. The van der Waals surface area contributed by atoms with Crippen LogP contribution < -0.4 is 20.7 Å². The molecule has 1 aromatic heterocycles. The van der Waals surface area contributed by atoms with E-state index in [0.29, 0.717) is 12.4 Å². The highest BCUT2D eigenvalue weighted by Gasteiger charge is 2.23. The second-order valence-corrected chi connectivity index (χ2v) is 17.2. The van der Waals surface area contributed by atoms with E-state index in [9.17, 15) is 4.79 Å². The minimum Gasteiger partial charge on any atom is -0.492 e. The van der Waals surface area contributed by atoms with Crippen molar-refractivity contribution in [3.05, 3.63) is 72.3 Å². The summed E-state index contributed by atoms with van der Waals surface area (Å²) in [7, 11) is -1.70. The molecule has 0 saturated carbocycles. The number of benzene rings is 3. The first kappa shape index (κ1) is 27.3. The first-order valence-corrected chi connectivity index (χ1v) is 18.1. The first-order valence-electron chi connectivity index (χ1n) is 13.5. The number of ether oxygens (including phenoxy) is 1. The molecule has 39 heavy (non-hydrogen) atoms. The summed E-state index contributed by atoms with van der Waals surface area (Å²) in [6, 6.07) is 21.7. The SMILES string of the molecule is Cc1ccc(-n2nc([Si](C)(C)C)cc2NC(=O)Nc2ccc(OCCN3CCSCC3)c3ccccc23)cc1. The number of thioether (sulfide) groups is 1. The maximum Gasteiger partial charge on any atom is 0.324 e. The molecule has 0 atom stereocenters. The lowest BCUT2D eigenvalue weighted by Gasteiger charge is -2.26. The Kier molecular flexibility index (Phi) is 8.30. The Hall–Kier alpha value is -3.27. The largest absolute Gasteiger partial charge is 0.492 e. The standard InChI is InChI=1S/C30H37N5O2SSi/c1-22-9-11-23(12-10-22)35-28(21-29(33-35)39(2,3)4)32-30(36)31-26-13-14-27(25-8-6-5-7-24(25)26)37-18-15-34-16-19-38-20-17-34/h5-14,21H,15-20H2,1-4H3,(H2,31,32,36). The molecule has 2 N–H and O–H groups in total. The van der Waals surface area contributed by atoms with E-state index in [-0.39, 0.29) is 6.03 Å². The fraction of sp³-hybridized carbons (Fsp3) is 0.333. The Balaban J connectivity index is 1.33. The van der Waals surface area contributed by atoms with Crippen molar-refractivity contribution >= 4 is 53.5 Å². The van der Waals surface area contributed by atoms with Crippen molar-refractivity contribution in [2.24, 2.45) is 0 Å². The van der Waals surface area contributed by atoms with Gasteiger partial charge < -0.3 is 10.1 Å².